The normalized spacial score (nSPS) is 10.8. The molecule has 0 aliphatic heterocycles. The van der Waals surface area contributed by atoms with E-state index in [0.29, 0.717) is 16.4 Å². The van der Waals surface area contributed by atoms with Crippen LogP contribution in [0.15, 0.2) is 66.1 Å². The monoisotopic (exact) mass is 366 g/mol. The van der Waals surface area contributed by atoms with Crippen LogP contribution in [0.1, 0.15) is 23.0 Å². The van der Waals surface area contributed by atoms with Crippen LogP contribution in [0.5, 0.6) is 0 Å². The fourth-order valence-corrected chi connectivity index (χ4v) is 3.20. The summed E-state index contributed by atoms with van der Waals surface area (Å²) in [7, 11) is 0. The van der Waals surface area contributed by atoms with Gasteiger partial charge < -0.3 is 0 Å². The summed E-state index contributed by atoms with van der Waals surface area (Å²) in [5, 5.41) is 2.05. The maximum Gasteiger partial charge on any atom is 0.230 e. The quantitative estimate of drug-likeness (QED) is 0.478. The zero-order chi connectivity index (χ0) is 18.5. The molecule has 0 N–H and O–H groups in total. The Balaban J connectivity index is 1.84. The van der Waals surface area contributed by atoms with Crippen LogP contribution in [-0.4, -0.2) is 16.7 Å². The lowest BCUT2D eigenvalue weighted by Crippen LogP contribution is -2.23. The second-order valence-electron chi connectivity index (χ2n) is 5.42. The van der Waals surface area contributed by atoms with Gasteiger partial charge in [-0.05, 0) is 24.3 Å². The molecule has 0 atom stereocenters. The molecule has 0 bridgehead atoms. The number of halogens is 1. The van der Waals surface area contributed by atoms with Crippen LogP contribution in [-0.2, 0) is 4.79 Å². The molecule has 0 saturated heterocycles. The van der Waals surface area contributed by atoms with E-state index in [9.17, 15) is 14.0 Å². The number of carbonyl (C=O) groups excluding carboxylic acids is 2. The second kappa shape index (κ2) is 7.84. The van der Waals surface area contributed by atoms with Crippen LogP contribution in [0.2, 0.25) is 0 Å². The number of benzene rings is 2. The number of aromatic nitrogens is 1. The summed E-state index contributed by atoms with van der Waals surface area (Å²) in [4.78, 5) is 29.7. The second-order valence-corrected chi connectivity index (χ2v) is 6.26. The van der Waals surface area contributed by atoms with Crippen LogP contribution in [0.25, 0.3) is 6.08 Å². The standard InChI is InChI=1S/C20H15FN2O2S/c1-14(24)23(18-10-6-5-9-17(18)21)20-22-16(13-26-20)11-12-19(25)15-7-3-2-4-8-15/h2-13H,1H3/b12-11+. The molecule has 26 heavy (non-hydrogen) atoms. The molecule has 0 radical (unpaired) electrons. The first-order valence-corrected chi connectivity index (χ1v) is 8.72. The van der Waals surface area contributed by atoms with Gasteiger partial charge in [-0.3, -0.25) is 14.5 Å². The molecule has 0 unspecified atom stereocenters. The van der Waals surface area contributed by atoms with Crippen molar-refractivity contribution in [2.24, 2.45) is 0 Å². The van der Waals surface area contributed by atoms with Gasteiger partial charge >= 0.3 is 0 Å². The highest BCUT2D eigenvalue weighted by Crippen LogP contribution is 2.30. The third-order valence-electron chi connectivity index (χ3n) is 3.57. The molecule has 0 fully saturated rings. The Kier molecular flexibility index (Phi) is 5.34. The van der Waals surface area contributed by atoms with Gasteiger partial charge in [-0.25, -0.2) is 9.37 Å². The number of hydrogen-bond acceptors (Lipinski definition) is 4. The van der Waals surface area contributed by atoms with Crippen LogP contribution in [0.4, 0.5) is 15.2 Å². The summed E-state index contributed by atoms with van der Waals surface area (Å²) >= 11 is 1.20. The third-order valence-corrected chi connectivity index (χ3v) is 4.42. The van der Waals surface area contributed by atoms with Gasteiger partial charge in [-0.15, -0.1) is 11.3 Å². The minimum absolute atomic E-state index is 0.141. The number of carbonyl (C=O) groups is 2. The summed E-state index contributed by atoms with van der Waals surface area (Å²) < 4.78 is 14.1. The van der Waals surface area contributed by atoms with Crippen molar-refractivity contribution in [1.82, 2.24) is 4.98 Å². The Morgan fingerprint density at radius 2 is 1.77 bits per heavy atom. The first kappa shape index (κ1) is 17.7. The minimum Gasteiger partial charge on any atom is -0.289 e. The fraction of sp³-hybridized carbons (Fsp3) is 0.0500. The average Bonchev–Trinajstić information content (AvgIpc) is 3.10. The van der Waals surface area contributed by atoms with Crippen molar-refractivity contribution in [3.05, 3.63) is 83.1 Å². The predicted molar refractivity (Wildman–Crippen MR) is 101 cm³/mol. The molecule has 2 aromatic carbocycles. The van der Waals surface area contributed by atoms with E-state index in [2.05, 4.69) is 4.98 Å². The van der Waals surface area contributed by atoms with Crippen molar-refractivity contribution in [2.75, 3.05) is 4.90 Å². The molecule has 1 heterocycles. The number of hydrogen-bond donors (Lipinski definition) is 0. The zero-order valence-corrected chi connectivity index (χ0v) is 14.7. The number of nitrogens with zero attached hydrogens (tertiary/aromatic N) is 2. The van der Waals surface area contributed by atoms with E-state index in [-0.39, 0.29) is 17.4 Å². The largest absolute Gasteiger partial charge is 0.289 e. The molecule has 0 saturated carbocycles. The van der Waals surface area contributed by atoms with Crippen molar-refractivity contribution in [1.29, 1.82) is 0 Å². The van der Waals surface area contributed by atoms with E-state index in [1.165, 1.54) is 41.4 Å². The topological polar surface area (TPSA) is 50.3 Å². The highest BCUT2D eigenvalue weighted by molar-refractivity contribution is 7.14. The first-order valence-electron chi connectivity index (χ1n) is 7.84. The van der Waals surface area contributed by atoms with E-state index >= 15 is 0 Å². The SMILES string of the molecule is CC(=O)N(c1nc(/C=C/C(=O)c2ccccc2)cs1)c1ccccc1F. The van der Waals surface area contributed by atoms with Gasteiger partial charge in [0.25, 0.3) is 0 Å². The summed E-state index contributed by atoms with van der Waals surface area (Å²) in [6.07, 6.45) is 3.00. The molecule has 0 spiro atoms. The molecule has 4 nitrogen and oxygen atoms in total. The lowest BCUT2D eigenvalue weighted by Gasteiger charge is -2.18. The lowest BCUT2D eigenvalue weighted by atomic mass is 10.1. The van der Waals surface area contributed by atoms with Crippen molar-refractivity contribution in [3.8, 4) is 0 Å². The predicted octanol–water partition coefficient (Wildman–Crippen LogP) is 4.86. The number of allylic oxidation sites excluding steroid dienone is 1. The highest BCUT2D eigenvalue weighted by Gasteiger charge is 2.20. The molecule has 6 heteroatoms. The van der Waals surface area contributed by atoms with Crippen LogP contribution in [0.3, 0.4) is 0 Å². The van der Waals surface area contributed by atoms with Crippen molar-refractivity contribution < 1.29 is 14.0 Å². The molecule has 3 aromatic rings. The molecule has 130 valence electrons. The molecule has 0 aliphatic carbocycles. The van der Waals surface area contributed by atoms with E-state index in [1.807, 2.05) is 6.07 Å². The number of amides is 1. The molecular weight excluding hydrogens is 351 g/mol. The molecule has 3 rings (SSSR count). The lowest BCUT2D eigenvalue weighted by molar-refractivity contribution is -0.115. The highest BCUT2D eigenvalue weighted by atomic mass is 32.1. The molecule has 1 aromatic heterocycles. The average molecular weight is 366 g/mol. The third kappa shape index (κ3) is 3.92. The maximum absolute atomic E-state index is 14.1. The van der Waals surface area contributed by atoms with Crippen molar-refractivity contribution in [3.63, 3.8) is 0 Å². The first-order chi connectivity index (χ1) is 12.6. The van der Waals surface area contributed by atoms with Gasteiger partial charge in [0.15, 0.2) is 10.9 Å². The Morgan fingerprint density at radius 1 is 1.08 bits per heavy atom. The number of anilines is 2. The van der Waals surface area contributed by atoms with Crippen LogP contribution >= 0.6 is 11.3 Å². The van der Waals surface area contributed by atoms with Crippen LogP contribution < -0.4 is 4.90 Å². The Labute approximate surface area is 154 Å². The van der Waals surface area contributed by atoms with E-state index in [0.717, 1.165) is 0 Å². The van der Waals surface area contributed by atoms with Gasteiger partial charge in [0, 0.05) is 17.9 Å². The van der Waals surface area contributed by atoms with Gasteiger partial charge in [0.2, 0.25) is 5.91 Å². The Hall–Kier alpha value is -3.12. The summed E-state index contributed by atoms with van der Waals surface area (Å²) in [6, 6.07) is 14.9. The van der Waals surface area contributed by atoms with E-state index < -0.39 is 5.82 Å². The Bertz CT molecular complexity index is 967. The summed E-state index contributed by atoms with van der Waals surface area (Å²) in [5.74, 6) is -0.993. The summed E-state index contributed by atoms with van der Waals surface area (Å²) in [6.45, 7) is 1.35. The summed E-state index contributed by atoms with van der Waals surface area (Å²) in [5.41, 5.74) is 1.25. The number of para-hydroxylation sites is 1. The minimum atomic E-state index is -0.505. The van der Waals surface area contributed by atoms with Crippen LogP contribution in [0, 0.1) is 5.82 Å². The zero-order valence-electron chi connectivity index (χ0n) is 13.9. The number of rotatable bonds is 5. The van der Waals surface area contributed by atoms with Gasteiger partial charge in [-0.1, -0.05) is 42.5 Å². The van der Waals surface area contributed by atoms with Gasteiger partial charge in [0.1, 0.15) is 5.82 Å². The smallest absolute Gasteiger partial charge is 0.230 e. The fourth-order valence-electron chi connectivity index (χ4n) is 2.36. The number of thiazole rings is 1. The van der Waals surface area contributed by atoms with Gasteiger partial charge in [-0.2, -0.15) is 0 Å². The van der Waals surface area contributed by atoms with Crippen molar-refractivity contribution >= 4 is 39.9 Å². The Morgan fingerprint density at radius 3 is 2.46 bits per heavy atom. The number of ketones is 1. The molecular formula is C20H15FN2O2S. The van der Waals surface area contributed by atoms with Gasteiger partial charge in [0.05, 0.1) is 11.4 Å². The maximum atomic E-state index is 14.1. The van der Waals surface area contributed by atoms with E-state index in [1.54, 1.807) is 47.9 Å². The van der Waals surface area contributed by atoms with E-state index in [4.69, 9.17) is 0 Å². The van der Waals surface area contributed by atoms with Crippen molar-refractivity contribution in [2.45, 2.75) is 6.92 Å². The molecule has 0 aliphatic rings. The molecule has 1 amide bonds.